The quantitative estimate of drug-likeness (QED) is 0.214. The van der Waals surface area contributed by atoms with Crippen LogP contribution in [-0.2, 0) is 9.59 Å². The van der Waals surface area contributed by atoms with E-state index in [9.17, 15) is 19.8 Å². The van der Waals surface area contributed by atoms with E-state index in [1.54, 1.807) is 6.92 Å². The van der Waals surface area contributed by atoms with Crippen molar-refractivity contribution in [3.8, 4) is 0 Å². The van der Waals surface area contributed by atoms with Crippen LogP contribution in [0.5, 0.6) is 0 Å². The molecule has 0 aromatic carbocycles. The molecule has 0 spiro atoms. The molecule has 0 unspecified atom stereocenters. The second-order valence-corrected chi connectivity index (χ2v) is 14.5. The van der Waals surface area contributed by atoms with E-state index < -0.39 is 0 Å². The van der Waals surface area contributed by atoms with E-state index in [0.29, 0.717) is 48.5 Å². The molecule has 0 aliphatic heterocycles. The summed E-state index contributed by atoms with van der Waals surface area (Å²) in [5.41, 5.74) is 0.234. The van der Waals surface area contributed by atoms with Gasteiger partial charge in [0.25, 0.3) is 0 Å². The first kappa shape index (κ1) is 31.7. The van der Waals surface area contributed by atoms with Crippen molar-refractivity contribution in [2.75, 3.05) is 26.2 Å². The number of carbonyl (C=O) groups excluding carboxylic acids is 2. The van der Waals surface area contributed by atoms with Crippen LogP contribution < -0.4 is 16.0 Å². The molecule has 40 heavy (non-hydrogen) atoms. The topological polar surface area (TPSA) is 111 Å². The SMILES string of the molecule is CC(=O)NCCCCNCCCNC(=O)CC[C@@H](C)[C@H]1CC[C@H]2[C@@H]3CC[C@@H]4C[C@H](O)CC[C@]4(C)[C@H]3C[C@H](O)[C@]12C. The molecule has 230 valence electrons. The fourth-order valence-electron chi connectivity index (χ4n) is 10.0. The normalized spacial score (nSPS) is 39.5. The van der Waals surface area contributed by atoms with E-state index in [-0.39, 0.29) is 34.9 Å². The molecule has 10 atom stereocenters. The van der Waals surface area contributed by atoms with Crippen LogP contribution >= 0.6 is 0 Å². The van der Waals surface area contributed by atoms with Gasteiger partial charge in [0, 0.05) is 26.4 Å². The van der Waals surface area contributed by atoms with Gasteiger partial charge in [-0.1, -0.05) is 20.8 Å². The summed E-state index contributed by atoms with van der Waals surface area (Å²) in [6.45, 7) is 12.0. The highest BCUT2D eigenvalue weighted by molar-refractivity contribution is 5.75. The van der Waals surface area contributed by atoms with E-state index >= 15 is 0 Å². The van der Waals surface area contributed by atoms with Gasteiger partial charge in [0.1, 0.15) is 0 Å². The number of carbonyl (C=O) groups is 2. The van der Waals surface area contributed by atoms with Gasteiger partial charge in [-0.2, -0.15) is 0 Å². The Morgan fingerprint density at radius 2 is 1.60 bits per heavy atom. The Balaban J connectivity index is 1.18. The molecule has 5 N–H and O–H groups in total. The Morgan fingerprint density at radius 3 is 2.38 bits per heavy atom. The zero-order chi connectivity index (χ0) is 28.9. The lowest BCUT2D eigenvalue weighted by Gasteiger charge is -2.62. The summed E-state index contributed by atoms with van der Waals surface area (Å²) in [5.74, 6) is 3.58. The molecule has 0 radical (unpaired) electrons. The summed E-state index contributed by atoms with van der Waals surface area (Å²) >= 11 is 0. The number of amides is 2. The largest absolute Gasteiger partial charge is 0.393 e. The number of fused-ring (bicyclic) bond motifs is 5. The van der Waals surface area contributed by atoms with Gasteiger partial charge >= 0.3 is 0 Å². The minimum Gasteiger partial charge on any atom is -0.393 e. The lowest BCUT2D eigenvalue weighted by atomic mass is 9.43. The third-order valence-corrected chi connectivity index (χ3v) is 12.3. The highest BCUT2D eigenvalue weighted by atomic mass is 16.3. The third kappa shape index (κ3) is 6.89. The van der Waals surface area contributed by atoms with E-state index in [2.05, 4.69) is 36.7 Å². The van der Waals surface area contributed by atoms with Crippen LogP contribution in [0, 0.1) is 46.3 Å². The van der Waals surface area contributed by atoms with Crippen molar-refractivity contribution < 1.29 is 19.8 Å². The summed E-state index contributed by atoms with van der Waals surface area (Å²) in [6, 6.07) is 0. The van der Waals surface area contributed by atoms with Crippen molar-refractivity contribution in [2.45, 2.75) is 123 Å². The predicted molar refractivity (Wildman–Crippen MR) is 159 cm³/mol. The molecule has 4 fully saturated rings. The van der Waals surface area contributed by atoms with Crippen LogP contribution in [0.3, 0.4) is 0 Å². The maximum absolute atomic E-state index is 12.6. The molecule has 0 aromatic rings. The van der Waals surface area contributed by atoms with Gasteiger partial charge in [-0.15, -0.1) is 0 Å². The predicted octanol–water partition coefficient (Wildman–Crippen LogP) is 4.41. The fourth-order valence-corrected chi connectivity index (χ4v) is 10.0. The van der Waals surface area contributed by atoms with Crippen LogP contribution in [0.1, 0.15) is 111 Å². The molecule has 4 aliphatic carbocycles. The van der Waals surface area contributed by atoms with E-state index in [4.69, 9.17) is 0 Å². The molecule has 7 nitrogen and oxygen atoms in total. The van der Waals surface area contributed by atoms with Gasteiger partial charge < -0.3 is 26.2 Å². The summed E-state index contributed by atoms with van der Waals surface area (Å²) < 4.78 is 0. The van der Waals surface area contributed by atoms with Crippen molar-refractivity contribution in [1.82, 2.24) is 16.0 Å². The van der Waals surface area contributed by atoms with Gasteiger partial charge in [0.2, 0.25) is 11.8 Å². The second kappa shape index (κ2) is 13.9. The smallest absolute Gasteiger partial charge is 0.220 e. The maximum atomic E-state index is 12.6. The molecular formula is C33H59N3O4. The first-order chi connectivity index (χ1) is 19.1. The van der Waals surface area contributed by atoms with Gasteiger partial charge in [0.05, 0.1) is 12.2 Å². The van der Waals surface area contributed by atoms with Crippen molar-refractivity contribution in [2.24, 2.45) is 46.3 Å². The number of unbranched alkanes of at least 4 members (excludes halogenated alkanes) is 1. The summed E-state index contributed by atoms with van der Waals surface area (Å²) in [6.07, 6.45) is 12.8. The number of hydrogen-bond acceptors (Lipinski definition) is 5. The Morgan fingerprint density at radius 1 is 0.875 bits per heavy atom. The molecule has 2 amide bonds. The monoisotopic (exact) mass is 561 g/mol. The van der Waals surface area contributed by atoms with Gasteiger partial charge in [-0.05, 0) is 136 Å². The molecule has 4 aliphatic rings. The molecule has 7 heteroatoms. The van der Waals surface area contributed by atoms with E-state index in [0.717, 1.165) is 71.0 Å². The van der Waals surface area contributed by atoms with Crippen LogP contribution in [0.25, 0.3) is 0 Å². The first-order valence-corrected chi connectivity index (χ1v) is 16.6. The second-order valence-electron chi connectivity index (χ2n) is 14.5. The van der Waals surface area contributed by atoms with E-state index in [1.807, 2.05) is 0 Å². The Kier molecular flexibility index (Phi) is 11.0. The Hall–Kier alpha value is -1.18. The number of hydrogen-bond donors (Lipinski definition) is 5. The minimum atomic E-state index is -0.261. The Labute approximate surface area is 243 Å². The van der Waals surface area contributed by atoms with Crippen molar-refractivity contribution >= 4 is 11.8 Å². The average Bonchev–Trinajstić information content (AvgIpc) is 3.28. The number of nitrogens with one attached hydrogen (secondary N) is 3. The molecule has 4 saturated carbocycles. The summed E-state index contributed by atoms with van der Waals surface area (Å²) in [4.78, 5) is 23.5. The molecule has 0 saturated heterocycles. The highest BCUT2D eigenvalue weighted by Crippen LogP contribution is 2.68. The lowest BCUT2D eigenvalue weighted by Crippen LogP contribution is -2.58. The van der Waals surface area contributed by atoms with Crippen LogP contribution in [0.2, 0.25) is 0 Å². The lowest BCUT2D eigenvalue weighted by molar-refractivity contribution is -0.174. The zero-order valence-electron chi connectivity index (χ0n) is 25.9. The number of aliphatic hydroxyl groups excluding tert-OH is 2. The first-order valence-electron chi connectivity index (χ1n) is 16.6. The van der Waals surface area contributed by atoms with Crippen LogP contribution in [0.4, 0.5) is 0 Å². The zero-order valence-corrected chi connectivity index (χ0v) is 25.9. The van der Waals surface area contributed by atoms with Crippen LogP contribution in [0.15, 0.2) is 0 Å². The van der Waals surface area contributed by atoms with Gasteiger partial charge in [0.15, 0.2) is 0 Å². The summed E-state index contributed by atoms with van der Waals surface area (Å²) in [5, 5.41) is 31.4. The van der Waals surface area contributed by atoms with Crippen molar-refractivity contribution in [3.63, 3.8) is 0 Å². The fraction of sp³-hybridized carbons (Fsp3) is 0.939. The Bertz CT molecular complexity index is 854. The van der Waals surface area contributed by atoms with Crippen molar-refractivity contribution in [3.05, 3.63) is 0 Å². The number of aliphatic hydroxyl groups is 2. The van der Waals surface area contributed by atoms with Gasteiger partial charge in [-0.25, -0.2) is 0 Å². The maximum Gasteiger partial charge on any atom is 0.220 e. The van der Waals surface area contributed by atoms with E-state index in [1.165, 1.54) is 25.7 Å². The molecule has 0 aromatic heterocycles. The molecule has 0 bridgehead atoms. The standard InChI is InChI=1S/C33H59N3O4/c1-22(8-13-31(40)36-19-7-17-34-16-5-6-18-35-23(2)37)27-11-12-28-26-10-9-24-20-25(38)14-15-32(24,3)29(26)21-30(39)33(27,28)4/h22,24-30,34,38-39H,5-21H2,1-4H3,(H,35,37)(H,36,40)/t22-,24-,25-,26+,27-,28+,29+,30+,32+,33-/m1/s1. The van der Waals surface area contributed by atoms with Crippen LogP contribution in [-0.4, -0.2) is 60.4 Å². The number of rotatable bonds is 13. The average molecular weight is 562 g/mol. The highest BCUT2D eigenvalue weighted by Gasteiger charge is 2.63. The van der Waals surface area contributed by atoms with Crippen molar-refractivity contribution in [1.29, 1.82) is 0 Å². The molecule has 0 heterocycles. The summed E-state index contributed by atoms with van der Waals surface area (Å²) in [7, 11) is 0. The van der Waals surface area contributed by atoms with Gasteiger partial charge in [-0.3, -0.25) is 9.59 Å². The molecular weight excluding hydrogens is 502 g/mol. The third-order valence-electron chi connectivity index (χ3n) is 12.3. The molecule has 4 rings (SSSR count). The minimum absolute atomic E-state index is 0.0262.